The quantitative estimate of drug-likeness (QED) is 0.122. The predicted molar refractivity (Wildman–Crippen MR) is 133 cm³/mol. The van der Waals surface area contributed by atoms with Gasteiger partial charge in [0.25, 0.3) is 0 Å². The first-order chi connectivity index (χ1) is 18.2. The van der Waals surface area contributed by atoms with Gasteiger partial charge in [-0.1, -0.05) is 33.1 Å². The Morgan fingerprint density at radius 1 is 1.03 bits per heavy atom. The van der Waals surface area contributed by atoms with Crippen LogP contribution in [0.1, 0.15) is 52.2 Å². The van der Waals surface area contributed by atoms with Crippen LogP contribution in [0.4, 0.5) is 5.82 Å². The van der Waals surface area contributed by atoms with Gasteiger partial charge in [-0.3, -0.25) is 13.6 Å². The molecule has 21 heteroatoms. The molecule has 0 radical (unpaired) electrons. The molecule has 1 aliphatic rings. The number of nitrogens with two attached hydrogens (primary N) is 1. The van der Waals surface area contributed by atoms with Gasteiger partial charge in [-0.05, 0) is 12.8 Å². The van der Waals surface area contributed by atoms with Gasteiger partial charge >= 0.3 is 23.5 Å². The van der Waals surface area contributed by atoms with Gasteiger partial charge < -0.3 is 35.4 Å². The summed E-state index contributed by atoms with van der Waals surface area (Å²) in [7, 11) is -16.3. The summed E-state index contributed by atoms with van der Waals surface area (Å²) in [5.74, 6) is 0.0558. The van der Waals surface area contributed by atoms with Crippen LogP contribution < -0.4 is 5.73 Å². The Labute approximate surface area is 222 Å². The monoisotopic (exact) mass is 619 g/mol. The number of phosphoric ester groups is 2. The fraction of sp³-hybridized carbons (Fsp3) is 0.722. The number of aliphatic hydroxyl groups is 2. The Bertz CT molecular complexity index is 1260. The molecule has 18 nitrogen and oxygen atoms in total. The number of aliphatic hydroxyl groups excluding tert-OH is 2. The highest BCUT2D eigenvalue weighted by Gasteiger charge is 2.47. The van der Waals surface area contributed by atoms with E-state index in [1.54, 1.807) is 6.92 Å². The number of anilines is 1. The van der Waals surface area contributed by atoms with Crippen molar-refractivity contribution in [1.29, 1.82) is 0 Å². The van der Waals surface area contributed by atoms with Crippen molar-refractivity contribution in [2.24, 2.45) is 0 Å². The van der Waals surface area contributed by atoms with Gasteiger partial charge in [0.1, 0.15) is 30.2 Å². The number of aromatic nitrogens is 4. The maximum absolute atomic E-state index is 12.3. The topological polar surface area (TPSA) is 268 Å². The number of unbranched alkanes of at least 4 members (excludes halogenated alkanes) is 2. The van der Waals surface area contributed by atoms with Crippen LogP contribution in [0.5, 0.6) is 0 Å². The second-order valence-electron chi connectivity index (χ2n) is 8.63. The molecule has 3 heterocycles. The number of fused-ring (bicyclic) bond motifs is 1. The van der Waals surface area contributed by atoms with E-state index in [1.807, 2.05) is 6.92 Å². The normalized spacial score (nSPS) is 27.2. The lowest BCUT2D eigenvalue weighted by Gasteiger charge is -2.22. The van der Waals surface area contributed by atoms with Crippen LogP contribution in [0, 0.1) is 0 Å². The third-order valence-electron chi connectivity index (χ3n) is 5.68. The number of ether oxygens (including phenoxy) is 1. The zero-order valence-corrected chi connectivity index (χ0v) is 23.7. The minimum Gasteiger partial charge on any atom is -0.387 e. The van der Waals surface area contributed by atoms with Gasteiger partial charge in [-0.25, -0.2) is 28.6 Å². The zero-order valence-electron chi connectivity index (χ0n) is 21.0. The molecule has 3 rings (SSSR count). The number of nitrogens with zero attached hydrogens (tertiary/aromatic N) is 4. The molecule has 0 aromatic carbocycles. The molecule has 4 unspecified atom stereocenters. The minimum atomic E-state index is -5.67. The molecule has 1 aliphatic heterocycles. The molecule has 1 fully saturated rings. The summed E-state index contributed by atoms with van der Waals surface area (Å²) in [6, 6.07) is 0. The van der Waals surface area contributed by atoms with E-state index in [1.165, 1.54) is 10.9 Å². The summed E-state index contributed by atoms with van der Waals surface area (Å²) in [6.07, 6.45) is -1.30. The second kappa shape index (κ2) is 13.1. The molecular formula is C18H32N5O13P3. The lowest BCUT2D eigenvalue weighted by molar-refractivity contribution is -0.0503. The summed E-state index contributed by atoms with van der Waals surface area (Å²) in [5, 5.41) is 20.8. The predicted octanol–water partition coefficient (Wildman–Crippen LogP) is 1.75. The fourth-order valence-electron chi connectivity index (χ4n) is 3.78. The molecule has 39 heavy (non-hydrogen) atoms. The maximum Gasteiger partial charge on any atom is 0.490 e. The van der Waals surface area contributed by atoms with E-state index in [2.05, 4.69) is 28.1 Å². The number of hydrogen-bond acceptors (Lipinski definition) is 14. The Morgan fingerprint density at radius 2 is 1.72 bits per heavy atom. The first-order valence-corrected chi connectivity index (χ1v) is 16.4. The maximum atomic E-state index is 12.3. The average Bonchev–Trinajstić information content (AvgIpc) is 3.37. The summed E-state index contributed by atoms with van der Waals surface area (Å²) >= 11 is 0. The molecule has 0 spiro atoms. The lowest BCUT2D eigenvalue weighted by atomic mass is 10.1. The SMILES string of the molecule is CCCCCC(CC)OP(=O)(O)OP(=O)(O)OP(=O)(O)OC[C@H]1O[C@@H](n2cnc3c(N)ncnc32)[C@H](O)[C@@H]1O. The van der Waals surface area contributed by atoms with Crippen molar-refractivity contribution in [3.63, 3.8) is 0 Å². The number of phosphoric acid groups is 3. The largest absolute Gasteiger partial charge is 0.490 e. The molecule has 1 saturated heterocycles. The van der Waals surface area contributed by atoms with Gasteiger partial charge in [-0.15, -0.1) is 0 Å². The van der Waals surface area contributed by atoms with Crippen molar-refractivity contribution in [2.45, 2.75) is 76.6 Å². The van der Waals surface area contributed by atoms with E-state index in [4.69, 9.17) is 15.0 Å². The standard InChI is InChI=1S/C18H32N5O13P3/c1-3-5-6-7-11(4-2)34-38(28,29)36-39(30,31)35-37(26,27)32-8-12-14(24)15(25)18(33-12)23-10-22-13-16(19)20-9-21-17(13)23/h9-12,14-15,18,24-25H,3-8H2,1-2H3,(H,26,27)(H,28,29)(H,30,31)(H2,19,20,21)/t11?,12-,14-,15-,18-/m1/s1. The van der Waals surface area contributed by atoms with Gasteiger partial charge in [0.15, 0.2) is 17.7 Å². The van der Waals surface area contributed by atoms with Crippen LogP contribution in [-0.4, -0.2) is 75.4 Å². The van der Waals surface area contributed by atoms with E-state index in [0.29, 0.717) is 19.3 Å². The molecule has 8 atom stereocenters. The highest BCUT2D eigenvalue weighted by molar-refractivity contribution is 7.66. The summed E-state index contributed by atoms with van der Waals surface area (Å²) in [6.45, 7) is 2.71. The number of imidazole rings is 1. The number of hydrogen-bond donors (Lipinski definition) is 6. The molecule has 0 saturated carbocycles. The van der Waals surface area contributed by atoms with Crippen LogP contribution in [0.15, 0.2) is 12.7 Å². The van der Waals surface area contributed by atoms with E-state index < -0.39 is 60.7 Å². The van der Waals surface area contributed by atoms with Crippen LogP contribution >= 0.6 is 23.5 Å². The minimum absolute atomic E-state index is 0.0558. The van der Waals surface area contributed by atoms with Crippen molar-refractivity contribution in [2.75, 3.05) is 12.3 Å². The number of rotatable bonds is 15. The molecular weight excluding hydrogens is 587 g/mol. The molecule has 2 aromatic rings. The Hall–Kier alpha value is -1.36. The van der Waals surface area contributed by atoms with Gasteiger partial charge in [0.05, 0.1) is 19.0 Å². The molecule has 2 aromatic heterocycles. The van der Waals surface area contributed by atoms with Crippen molar-refractivity contribution in [1.82, 2.24) is 19.5 Å². The van der Waals surface area contributed by atoms with E-state index in [9.17, 15) is 38.6 Å². The van der Waals surface area contributed by atoms with Gasteiger partial charge in [-0.2, -0.15) is 8.62 Å². The Balaban J connectivity index is 1.59. The van der Waals surface area contributed by atoms with Crippen LogP contribution in [-0.2, 0) is 36.1 Å². The molecule has 0 aliphatic carbocycles. The molecule has 222 valence electrons. The van der Waals surface area contributed by atoms with Crippen molar-refractivity contribution in [3.05, 3.63) is 12.7 Å². The second-order valence-corrected chi connectivity index (χ2v) is 13.2. The third kappa shape index (κ3) is 8.57. The Kier molecular flexibility index (Phi) is 10.8. The van der Waals surface area contributed by atoms with Crippen molar-refractivity contribution in [3.8, 4) is 0 Å². The van der Waals surface area contributed by atoms with Crippen molar-refractivity contribution >= 4 is 40.4 Å². The summed E-state index contributed by atoms with van der Waals surface area (Å²) in [5.41, 5.74) is 6.10. The number of nitrogen functional groups attached to an aromatic ring is 1. The molecule has 7 N–H and O–H groups in total. The zero-order chi connectivity index (χ0) is 29.0. The third-order valence-corrected chi connectivity index (χ3v) is 10.0. The Morgan fingerprint density at radius 3 is 2.38 bits per heavy atom. The van der Waals surface area contributed by atoms with Crippen LogP contribution in [0.2, 0.25) is 0 Å². The molecule has 0 amide bonds. The first-order valence-electron chi connectivity index (χ1n) is 11.9. The fourth-order valence-corrected chi connectivity index (χ4v) is 7.56. The van der Waals surface area contributed by atoms with E-state index in [-0.39, 0.29) is 17.0 Å². The van der Waals surface area contributed by atoms with Gasteiger partial charge in [0.2, 0.25) is 0 Å². The lowest BCUT2D eigenvalue weighted by Crippen LogP contribution is -2.33. The smallest absolute Gasteiger partial charge is 0.387 e. The van der Waals surface area contributed by atoms with Gasteiger partial charge in [0, 0.05) is 0 Å². The van der Waals surface area contributed by atoms with E-state index in [0.717, 1.165) is 19.2 Å². The first kappa shape index (κ1) is 32.2. The summed E-state index contributed by atoms with van der Waals surface area (Å²) in [4.78, 5) is 41.4. The highest BCUT2D eigenvalue weighted by atomic mass is 31.3. The molecule has 0 bridgehead atoms. The van der Waals surface area contributed by atoms with E-state index >= 15 is 0 Å². The summed E-state index contributed by atoms with van der Waals surface area (Å²) < 4.78 is 61.2. The van der Waals surface area contributed by atoms with Crippen LogP contribution in [0.25, 0.3) is 11.2 Å². The average molecular weight is 619 g/mol. The van der Waals surface area contributed by atoms with Crippen LogP contribution in [0.3, 0.4) is 0 Å². The van der Waals surface area contributed by atoms with Crippen molar-refractivity contribution < 1.29 is 61.0 Å². The highest BCUT2D eigenvalue weighted by Crippen LogP contribution is 2.68.